The van der Waals surface area contributed by atoms with Gasteiger partial charge in [-0.2, -0.15) is 5.26 Å². The number of nitrogens with two attached hydrogens (primary N) is 1. The summed E-state index contributed by atoms with van der Waals surface area (Å²) in [5.74, 6) is -0.134. The molecule has 0 aliphatic heterocycles. The first-order chi connectivity index (χ1) is 8.63. The zero-order chi connectivity index (χ0) is 13.1. The molecule has 0 radical (unpaired) electrons. The predicted octanol–water partition coefficient (Wildman–Crippen LogP) is 2.44. The number of nitrogens with zero attached hydrogens (tertiary/aromatic N) is 2. The van der Waals surface area contributed by atoms with Crippen molar-refractivity contribution in [2.45, 2.75) is 25.3 Å². The normalized spacial score (nSPS) is 14.0. The highest BCUT2D eigenvalue weighted by molar-refractivity contribution is 6.34. The number of hydrogen-bond donors (Lipinski definition) is 1. The van der Waals surface area contributed by atoms with Gasteiger partial charge in [-0.1, -0.05) is 11.6 Å². The molecule has 0 heterocycles. The molecule has 94 valence electrons. The van der Waals surface area contributed by atoms with Crippen molar-refractivity contribution in [2.24, 2.45) is 0 Å². The quantitative estimate of drug-likeness (QED) is 0.848. The van der Waals surface area contributed by atoms with Gasteiger partial charge >= 0.3 is 0 Å². The van der Waals surface area contributed by atoms with Gasteiger partial charge in [0.25, 0.3) is 5.91 Å². The van der Waals surface area contributed by atoms with Gasteiger partial charge in [-0.05, 0) is 31.0 Å². The van der Waals surface area contributed by atoms with Crippen LogP contribution in [0, 0.1) is 11.3 Å². The molecule has 0 bridgehead atoms. The maximum atomic E-state index is 12.4. The Labute approximate surface area is 111 Å². The van der Waals surface area contributed by atoms with E-state index < -0.39 is 0 Å². The van der Waals surface area contributed by atoms with E-state index >= 15 is 0 Å². The average molecular weight is 264 g/mol. The smallest absolute Gasteiger partial charge is 0.255 e. The molecule has 1 aliphatic carbocycles. The molecule has 1 amide bonds. The molecule has 0 spiro atoms. The van der Waals surface area contributed by atoms with Crippen LogP contribution in [0.25, 0.3) is 0 Å². The second-order valence-corrected chi connectivity index (χ2v) is 4.78. The molecule has 0 unspecified atom stereocenters. The molecule has 1 aliphatic rings. The Morgan fingerprint density at radius 3 is 2.89 bits per heavy atom. The van der Waals surface area contributed by atoms with Gasteiger partial charge in [-0.15, -0.1) is 0 Å². The second kappa shape index (κ2) is 5.28. The minimum Gasteiger partial charge on any atom is -0.399 e. The SMILES string of the molecule is N#CCCN(C(=O)c1cc(N)ccc1Cl)C1CC1. The number of halogens is 1. The van der Waals surface area contributed by atoms with E-state index in [0.29, 0.717) is 29.2 Å². The largest absolute Gasteiger partial charge is 0.399 e. The molecule has 4 nitrogen and oxygen atoms in total. The third kappa shape index (κ3) is 2.74. The highest BCUT2D eigenvalue weighted by atomic mass is 35.5. The van der Waals surface area contributed by atoms with E-state index in [1.54, 1.807) is 23.1 Å². The summed E-state index contributed by atoms with van der Waals surface area (Å²) in [6, 6.07) is 7.19. The van der Waals surface area contributed by atoms with Crippen molar-refractivity contribution in [1.82, 2.24) is 4.90 Å². The highest BCUT2D eigenvalue weighted by Gasteiger charge is 2.33. The number of amides is 1. The number of benzene rings is 1. The van der Waals surface area contributed by atoms with Crippen LogP contribution in [0.5, 0.6) is 0 Å². The summed E-state index contributed by atoms with van der Waals surface area (Å²) < 4.78 is 0. The minimum absolute atomic E-state index is 0.134. The fraction of sp³-hybridized carbons (Fsp3) is 0.385. The minimum atomic E-state index is -0.134. The monoisotopic (exact) mass is 263 g/mol. The molecule has 0 aromatic heterocycles. The van der Waals surface area contributed by atoms with E-state index in [4.69, 9.17) is 22.6 Å². The number of nitriles is 1. The van der Waals surface area contributed by atoms with Crippen LogP contribution in [0.15, 0.2) is 18.2 Å². The van der Waals surface area contributed by atoms with Crippen LogP contribution >= 0.6 is 11.6 Å². The number of hydrogen-bond acceptors (Lipinski definition) is 3. The van der Waals surface area contributed by atoms with Crippen LogP contribution in [0.2, 0.25) is 5.02 Å². The van der Waals surface area contributed by atoms with Crippen LogP contribution in [0.3, 0.4) is 0 Å². The first-order valence-corrected chi connectivity index (χ1v) is 6.24. The summed E-state index contributed by atoms with van der Waals surface area (Å²) >= 11 is 6.03. The summed E-state index contributed by atoms with van der Waals surface area (Å²) in [6.07, 6.45) is 2.33. The van der Waals surface area contributed by atoms with Gasteiger partial charge < -0.3 is 10.6 Å². The van der Waals surface area contributed by atoms with Crippen LogP contribution in [-0.2, 0) is 0 Å². The molecule has 0 saturated heterocycles. The van der Waals surface area contributed by atoms with Gasteiger partial charge in [0.15, 0.2) is 0 Å². The number of carbonyl (C=O) groups is 1. The van der Waals surface area contributed by atoms with Gasteiger partial charge in [0, 0.05) is 18.3 Å². The Hall–Kier alpha value is -1.73. The first kappa shape index (κ1) is 12.7. The summed E-state index contributed by atoms with van der Waals surface area (Å²) in [6.45, 7) is 0.450. The van der Waals surface area contributed by atoms with Crippen molar-refractivity contribution in [3.05, 3.63) is 28.8 Å². The molecule has 2 rings (SSSR count). The number of rotatable bonds is 4. The summed E-state index contributed by atoms with van der Waals surface area (Å²) in [5, 5.41) is 9.03. The van der Waals surface area contributed by atoms with Gasteiger partial charge in [0.05, 0.1) is 23.1 Å². The molecular weight excluding hydrogens is 250 g/mol. The van der Waals surface area contributed by atoms with E-state index in [1.165, 1.54) is 0 Å². The Kier molecular flexibility index (Phi) is 3.73. The molecule has 0 atom stereocenters. The highest BCUT2D eigenvalue weighted by Crippen LogP contribution is 2.30. The number of nitrogen functional groups attached to an aromatic ring is 1. The molecule has 1 aromatic rings. The molecular formula is C13H14ClN3O. The van der Waals surface area contributed by atoms with Gasteiger partial charge in [-0.3, -0.25) is 4.79 Å². The van der Waals surface area contributed by atoms with Crippen LogP contribution in [0.1, 0.15) is 29.6 Å². The zero-order valence-corrected chi connectivity index (χ0v) is 10.7. The summed E-state index contributed by atoms with van der Waals surface area (Å²) in [4.78, 5) is 14.1. The number of carbonyl (C=O) groups excluding carboxylic acids is 1. The first-order valence-electron chi connectivity index (χ1n) is 5.86. The molecule has 18 heavy (non-hydrogen) atoms. The van der Waals surface area contributed by atoms with E-state index in [9.17, 15) is 4.79 Å². The van der Waals surface area contributed by atoms with Gasteiger partial charge in [0.2, 0.25) is 0 Å². The standard InChI is InChI=1S/C13H14ClN3O/c14-12-5-2-9(16)8-11(12)13(18)17(7-1-6-15)10-3-4-10/h2,5,8,10H,1,3-4,7,16H2. The van der Waals surface area contributed by atoms with Gasteiger partial charge in [0.1, 0.15) is 0 Å². The third-order valence-electron chi connectivity index (χ3n) is 2.93. The van der Waals surface area contributed by atoms with Crippen molar-refractivity contribution in [2.75, 3.05) is 12.3 Å². The predicted molar refractivity (Wildman–Crippen MR) is 70.2 cm³/mol. The summed E-state index contributed by atoms with van der Waals surface area (Å²) in [7, 11) is 0. The lowest BCUT2D eigenvalue weighted by molar-refractivity contribution is 0.0747. The van der Waals surface area contributed by atoms with Crippen molar-refractivity contribution >= 4 is 23.2 Å². The Morgan fingerprint density at radius 2 is 2.28 bits per heavy atom. The van der Waals surface area contributed by atoms with Crippen LogP contribution < -0.4 is 5.73 Å². The maximum absolute atomic E-state index is 12.4. The van der Waals surface area contributed by atoms with E-state index in [-0.39, 0.29) is 11.9 Å². The van der Waals surface area contributed by atoms with Crippen molar-refractivity contribution in [1.29, 1.82) is 5.26 Å². The molecule has 1 fully saturated rings. The topological polar surface area (TPSA) is 70.1 Å². The van der Waals surface area contributed by atoms with Crippen molar-refractivity contribution in [3.8, 4) is 6.07 Å². The van der Waals surface area contributed by atoms with E-state index in [2.05, 4.69) is 6.07 Å². The average Bonchev–Trinajstić information content (AvgIpc) is 3.17. The van der Waals surface area contributed by atoms with E-state index in [1.807, 2.05) is 0 Å². The second-order valence-electron chi connectivity index (χ2n) is 4.38. The fourth-order valence-electron chi connectivity index (χ4n) is 1.87. The number of anilines is 1. The lowest BCUT2D eigenvalue weighted by atomic mass is 10.1. The Balaban J connectivity index is 2.22. The lowest BCUT2D eigenvalue weighted by Gasteiger charge is -2.21. The van der Waals surface area contributed by atoms with Crippen LogP contribution in [0.4, 0.5) is 5.69 Å². The molecule has 1 aromatic carbocycles. The summed E-state index contributed by atoms with van der Waals surface area (Å²) in [5.41, 5.74) is 6.61. The molecule has 2 N–H and O–H groups in total. The van der Waals surface area contributed by atoms with Crippen LogP contribution in [-0.4, -0.2) is 23.4 Å². The third-order valence-corrected chi connectivity index (χ3v) is 3.26. The van der Waals surface area contributed by atoms with Crippen molar-refractivity contribution in [3.63, 3.8) is 0 Å². The Morgan fingerprint density at radius 1 is 1.56 bits per heavy atom. The van der Waals surface area contributed by atoms with Crippen molar-refractivity contribution < 1.29 is 4.79 Å². The Bertz CT molecular complexity index is 505. The lowest BCUT2D eigenvalue weighted by Crippen LogP contribution is -2.34. The maximum Gasteiger partial charge on any atom is 0.255 e. The van der Waals surface area contributed by atoms with Gasteiger partial charge in [-0.25, -0.2) is 0 Å². The molecule has 1 saturated carbocycles. The zero-order valence-electron chi connectivity index (χ0n) is 9.90. The molecule has 5 heteroatoms. The fourth-order valence-corrected chi connectivity index (χ4v) is 2.07. The van der Waals surface area contributed by atoms with E-state index in [0.717, 1.165) is 12.8 Å².